The molecule has 0 saturated carbocycles. The van der Waals surface area contributed by atoms with Crippen LogP contribution in [-0.2, 0) is 9.59 Å². The monoisotopic (exact) mass is 658 g/mol. The molecule has 0 spiro atoms. The Hall–Kier alpha value is -3.01. The summed E-state index contributed by atoms with van der Waals surface area (Å²) >= 11 is 0. The minimum Gasteiger partial charge on any atom is -0.341 e. The zero-order valence-electron chi connectivity index (χ0n) is 30.4. The Morgan fingerprint density at radius 2 is 0.809 bits per heavy atom. The van der Waals surface area contributed by atoms with Gasteiger partial charge in [-0.15, -0.1) is 0 Å². The molecule has 2 amide bonds. The maximum Gasteiger partial charge on any atom is 0.236 e. The third-order valence-corrected chi connectivity index (χ3v) is 12.9. The van der Waals surface area contributed by atoms with E-state index >= 15 is 0 Å². The molecule has 0 aliphatic carbocycles. The predicted molar refractivity (Wildman–Crippen MR) is 204 cm³/mol. The van der Waals surface area contributed by atoms with E-state index in [1.807, 2.05) is 9.80 Å². The molecule has 0 aliphatic rings. The first-order valence-corrected chi connectivity index (χ1v) is 19.7. The number of hydrogen-bond acceptors (Lipinski definition) is 3. The van der Waals surface area contributed by atoms with E-state index < -0.39 is 7.26 Å². The number of amides is 2. The highest BCUT2D eigenvalue weighted by molar-refractivity contribution is 7.95. The van der Waals surface area contributed by atoms with Gasteiger partial charge in [-0.2, -0.15) is 0 Å². The van der Waals surface area contributed by atoms with Crippen LogP contribution >= 0.6 is 7.26 Å². The summed E-state index contributed by atoms with van der Waals surface area (Å²) < 4.78 is 0. The Morgan fingerprint density at radius 3 is 1.09 bits per heavy atom. The van der Waals surface area contributed by atoms with E-state index in [0.29, 0.717) is 30.2 Å². The number of carbonyl (C=O) groups excluding carboxylic acids is 2. The van der Waals surface area contributed by atoms with Crippen LogP contribution in [0.3, 0.4) is 0 Å². The van der Waals surface area contributed by atoms with Crippen molar-refractivity contribution >= 4 is 35.0 Å². The lowest BCUT2D eigenvalue weighted by atomic mass is 10.1. The van der Waals surface area contributed by atoms with Crippen LogP contribution < -0.4 is 15.9 Å². The van der Waals surface area contributed by atoms with Gasteiger partial charge in [-0.3, -0.25) is 14.5 Å². The van der Waals surface area contributed by atoms with Gasteiger partial charge in [-0.1, -0.05) is 110 Å². The van der Waals surface area contributed by atoms with Crippen molar-refractivity contribution in [2.45, 2.75) is 61.8 Å². The van der Waals surface area contributed by atoms with Crippen LogP contribution in [0.5, 0.6) is 0 Å². The average Bonchev–Trinajstić information content (AvgIpc) is 3.03. The fraction of sp³-hybridized carbons (Fsp3) is 0.512. The van der Waals surface area contributed by atoms with Gasteiger partial charge in [0.2, 0.25) is 11.8 Å². The van der Waals surface area contributed by atoms with E-state index in [-0.39, 0.29) is 24.9 Å². The summed E-state index contributed by atoms with van der Waals surface area (Å²) in [6, 6.07) is 32.9. The van der Waals surface area contributed by atoms with Crippen molar-refractivity contribution in [1.82, 2.24) is 14.7 Å². The Balaban J connectivity index is 1.97. The first kappa shape index (κ1) is 38.4. The van der Waals surface area contributed by atoms with E-state index in [1.165, 1.54) is 15.9 Å². The SMILES string of the molecule is CC(C)CN(CC(C)C)C(=O)CN(CCC[P+](c1ccccc1)(c1ccccc1)c1ccccc1)CC(=O)N(CC(C)C)CC(C)C. The van der Waals surface area contributed by atoms with Gasteiger partial charge in [0.15, 0.2) is 0 Å². The summed E-state index contributed by atoms with van der Waals surface area (Å²) in [5.74, 6) is 1.77. The fourth-order valence-corrected chi connectivity index (χ4v) is 10.9. The average molecular weight is 659 g/mol. The van der Waals surface area contributed by atoms with E-state index in [1.54, 1.807) is 0 Å². The van der Waals surface area contributed by atoms with Gasteiger partial charge in [0.1, 0.15) is 23.2 Å². The molecule has 0 heterocycles. The van der Waals surface area contributed by atoms with Gasteiger partial charge in [0, 0.05) is 32.7 Å². The van der Waals surface area contributed by atoms with E-state index in [4.69, 9.17) is 0 Å². The molecule has 256 valence electrons. The van der Waals surface area contributed by atoms with Crippen LogP contribution in [-0.4, -0.2) is 78.5 Å². The quantitative estimate of drug-likeness (QED) is 0.131. The molecule has 3 aromatic carbocycles. The second-order valence-electron chi connectivity index (χ2n) is 14.8. The summed E-state index contributed by atoms with van der Waals surface area (Å²) in [6.45, 7) is 21.4. The fourth-order valence-electron chi connectivity index (χ4n) is 6.53. The molecule has 0 N–H and O–H groups in total. The predicted octanol–water partition coefficient (Wildman–Crippen LogP) is 6.95. The normalized spacial score (nSPS) is 12.0. The number of hydrogen-bond donors (Lipinski definition) is 0. The van der Waals surface area contributed by atoms with Crippen LogP contribution in [0.15, 0.2) is 91.0 Å². The zero-order chi connectivity index (χ0) is 34.4. The van der Waals surface area contributed by atoms with E-state index in [9.17, 15) is 9.59 Å². The van der Waals surface area contributed by atoms with Gasteiger partial charge in [-0.05, 0) is 66.5 Å². The van der Waals surface area contributed by atoms with Crippen LogP contribution in [0.4, 0.5) is 0 Å². The molecule has 47 heavy (non-hydrogen) atoms. The van der Waals surface area contributed by atoms with Crippen LogP contribution in [0.1, 0.15) is 61.8 Å². The van der Waals surface area contributed by atoms with Gasteiger partial charge in [-0.25, -0.2) is 0 Å². The van der Waals surface area contributed by atoms with Crippen molar-refractivity contribution in [3.63, 3.8) is 0 Å². The van der Waals surface area contributed by atoms with Gasteiger partial charge in [0.05, 0.1) is 19.3 Å². The molecule has 0 aromatic heterocycles. The van der Waals surface area contributed by atoms with Crippen molar-refractivity contribution < 1.29 is 9.59 Å². The summed E-state index contributed by atoms with van der Waals surface area (Å²) in [7, 11) is -2.01. The molecule has 6 heteroatoms. The smallest absolute Gasteiger partial charge is 0.236 e. The Bertz CT molecular complexity index is 1170. The minimum absolute atomic E-state index is 0.120. The van der Waals surface area contributed by atoms with Crippen molar-refractivity contribution in [1.29, 1.82) is 0 Å². The highest BCUT2D eigenvalue weighted by Crippen LogP contribution is 2.55. The van der Waals surface area contributed by atoms with Crippen LogP contribution in [0, 0.1) is 23.7 Å². The lowest BCUT2D eigenvalue weighted by Gasteiger charge is -2.33. The Kier molecular flexibility index (Phi) is 15.6. The Morgan fingerprint density at radius 1 is 0.511 bits per heavy atom. The molecule has 0 atom stereocenters. The van der Waals surface area contributed by atoms with Gasteiger partial charge in [0.25, 0.3) is 0 Å². The molecule has 0 saturated heterocycles. The van der Waals surface area contributed by atoms with Crippen LogP contribution in [0.2, 0.25) is 0 Å². The summed E-state index contributed by atoms with van der Waals surface area (Å²) in [5.41, 5.74) is 0. The highest BCUT2D eigenvalue weighted by Gasteiger charge is 2.44. The van der Waals surface area contributed by atoms with Crippen LogP contribution in [0.25, 0.3) is 0 Å². The first-order chi connectivity index (χ1) is 22.4. The summed E-state index contributed by atoms with van der Waals surface area (Å²) in [4.78, 5) is 34.0. The molecule has 0 aliphatic heterocycles. The van der Waals surface area contributed by atoms with Crippen molar-refractivity contribution in [2.75, 3.05) is 52.0 Å². The molecule has 3 rings (SSSR count). The lowest BCUT2D eigenvalue weighted by molar-refractivity contribution is -0.137. The van der Waals surface area contributed by atoms with Crippen molar-refractivity contribution in [3.8, 4) is 0 Å². The second-order valence-corrected chi connectivity index (χ2v) is 18.4. The van der Waals surface area contributed by atoms with Crippen molar-refractivity contribution in [2.24, 2.45) is 23.7 Å². The second kappa shape index (κ2) is 19.1. The van der Waals surface area contributed by atoms with Crippen molar-refractivity contribution in [3.05, 3.63) is 91.0 Å². The molecular formula is C41H61N3O2P+. The third kappa shape index (κ3) is 11.9. The van der Waals surface area contributed by atoms with Gasteiger partial charge >= 0.3 is 0 Å². The number of nitrogens with zero attached hydrogens (tertiary/aromatic N) is 3. The molecule has 0 radical (unpaired) electrons. The summed E-state index contributed by atoms with van der Waals surface area (Å²) in [6.07, 6.45) is 1.82. The molecule has 3 aromatic rings. The topological polar surface area (TPSA) is 43.9 Å². The zero-order valence-corrected chi connectivity index (χ0v) is 31.3. The number of benzene rings is 3. The van der Waals surface area contributed by atoms with E-state index in [0.717, 1.165) is 38.8 Å². The minimum atomic E-state index is -2.01. The van der Waals surface area contributed by atoms with E-state index in [2.05, 4.69) is 151 Å². The standard InChI is InChI=1S/C41H61N3O2P/c1-33(2)27-43(28-34(3)4)40(45)31-42(32-41(46)44(29-35(5)6)30-36(7)8)25-18-26-47(37-19-12-9-13-20-37,38-21-14-10-15-22-38)39-23-16-11-17-24-39/h9-17,19-24,33-36H,18,25-32H2,1-8H3/q+1. The maximum atomic E-state index is 13.9. The maximum absolute atomic E-state index is 13.9. The largest absolute Gasteiger partial charge is 0.341 e. The molecule has 5 nitrogen and oxygen atoms in total. The molecule has 0 fully saturated rings. The number of rotatable bonds is 19. The van der Waals surface area contributed by atoms with Gasteiger partial charge < -0.3 is 9.80 Å². The molecule has 0 bridgehead atoms. The Labute approximate surface area is 287 Å². The molecule has 0 unspecified atom stereocenters. The highest BCUT2D eigenvalue weighted by atomic mass is 31.2. The lowest BCUT2D eigenvalue weighted by Crippen LogP contribution is -2.48. The first-order valence-electron chi connectivity index (χ1n) is 17.7. The molecular weight excluding hydrogens is 597 g/mol. The third-order valence-electron chi connectivity index (χ3n) is 8.32. The summed E-state index contributed by atoms with van der Waals surface area (Å²) in [5, 5.41) is 4.07. The number of carbonyl (C=O) groups is 2.